The van der Waals surface area contributed by atoms with Crippen LogP contribution < -0.4 is 31.4 Å². The van der Waals surface area contributed by atoms with Gasteiger partial charge in [-0.3, -0.25) is 0 Å². The van der Waals surface area contributed by atoms with E-state index in [-0.39, 0.29) is 0 Å². The molecule has 6 aliphatic rings. The smallest absolute Gasteiger partial charge is 0.123 e. The summed E-state index contributed by atoms with van der Waals surface area (Å²) in [6, 6.07) is 13.1. The summed E-state index contributed by atoms with van der Waals surface area (Å²) < 4.78 is 16.8. The molecule has 0 saturated carbocycles. The molecule has 0 spiro atoms. The summed E-state index contributed by atoms with van der Waals surface area (Å²) in [5.74, 6) is 4.72. The number of benzene rings is 3. The molecule has 3 aromatic rings. The lowest BCUT2D eigenvalue weighted by molar-refractivity contribution is 0.356. The summed E-state index contributed by atoms with van der Waals surface area (Å²) in [5.41, 5.74) is 31.9. The zero-order chi connectivity index (χ0) is 30.8. The van der Waals surface area contributed by atoms with Crippen LogP contribution in [0.5, 0.6) is 17.2 Å². The molecular weight excluding hydrogens is 558 g/mol. The molecule has 6 nitrogen and oxygen atoms in total. The molecule has 6 N–H and O–H groups in total. The number of ether oxygens (including phenoxy) is 3. The van der Waals surface area contributed by atoms with Crippen molar-refractivity contribution in [1.82, 2.24) is 0 Å². The van der Waals surface area contributed by atoms with Gasteiger partial charge in [-0.2, -0.15) is 0 Å². The number of fused-ring (bicyclic) bond motifs is 9. The van der Waals surface area contributed by atoms with Crippen molar-refractivity contribution >= 4 is 5.57 Å². The van der Waals surface area contributed by atoms with Crippen LogP contribution in [0.2, 0.25) is 0 Å². The summed E-state index contributed by atoms with van der Waals surface area (Å²) in [6.07, 6.45) is 15.0. The molecule has 0 aromatic heterocycles. The van der Waals surface area contributed by atoms with Gasteiger partial charge < -0.3 is 31.4 Å². The maximum Gasteiger partial charge on any atom is 0.123 e. The first kappa shape index (κ1) is 30.3. The van der Waals surface area contributed by atoms with E-state index in [0.717, 1.165) is 95.1 Å². The molecule has 0 fully saturated rings. The Bertz CT molecular complexity index is 1500. The lowest BCUT2D eigenvalue weighted by Gasteiger charge is -2.13. The normalized spacial score (nSPS) is 21.6. The van der Waals surface area contributed by atoms with E-state index < -0.39 is 0 Å². The minimum Gasteiger partial charge on any atom is -0.493 e. The highest BCUT2D eigenvalue weighted by atomic mass is 16.5. The van der Waals surface area contributed by atoms with Gasteiger partial charge in [0.05, 0.1) is 19.8 Å². The van der Waals surface area contributed by atoms with Gasteiger partial charge in [-0.05, 0) is 133 Å². The number of allylic oxidation sites excluding steroid dienone is 1. The molecule has 0 saturated heterocycles. The number of nitrogens with two attached hydrogens (primary N) is 3. The molecule has 0 radical (unpaired) electrons. The minimum absolute atomic E-state index is 0.638. The van der Waals surface area contributed by atoms with Crippen molar-refractivity contribution < 1.29 is 14.2 Å². The summed E-state index contributed by atoms with van der Waals surface area (Å²) in [7, 11) is 0. The van der Waals surface area contributed by atoms with Crippen LogP contribution >= 0.6 is 0 Å². The first-order chi connectivity index (χ1) is 22.2. The Labute approximate surface area is 268 Å². The number of hydrogen-bond acceptors (Lipinski definition) is 6. The van der Waals surface area contributed by atoms with E-state index in [9.17, 15) is 0 Å². The zero-order valence-electron chi connectivity index (χ0n) is 26.7. The van der Waals surface area contributed by atoms with Crippen LogP contribution in [0, 0.1) is 0 Å². The number of hydrogen-bond donors (Lipinski definition) is 3. The van der Waals surface area contributed by atoms with Crippen molar-refractivity contribution in [3.8, 4) is 17.2 Å². The lowest BCUT2D eigenvalue weighted by atomic mass is 9.92. The molecule has 9 rings (SSSR count). The Morgan fingerprint density at radius 3 is 1.56 bits per heavy atom. The lowest BCUT2D eigenvalue weighted by Crippen LogP contribution is -2.06. The van der Waals surface area contributed by atoms with Crippen molar-refractivity contribution in [2.75, 3.05) is 39.5 Å². The summed E-state index contributed by atoms with van der Waals surface area (Å²) in [6.45, 7) is 4.80. The van der Waals surface area contributed by atoms with Gasteiger partial charge in [-0.25, -0.2) is 0 Å². The van der Waals surface area contributed by atoms with Crippen molar-refractivity contribution in [3.05, 3.63) is 92.5 Å². The Hall–Kier alpha value is -3.32. The SMILES string of the molecule is NC/C=C1\CCc2ccc3c(c21)CCO3.NCCC1CCc2ccc3c(c21)CCO3.NCC[C@@H]1CCc2ccc3c(c21)CCO3. The second-order valence-electron chi connectivity index (χ2n) is 13.2. The first-order valence-electron chi connectivity index (χ1n) is 17.3. The van der Waals surface area contributed by atoms with Crippen LogP contribution in [-0.4, -0.2) is 39.5 Å². The van der Waals surface area contributed by atoms with E-state index in [1.807, 2.05) is 0 Å². The molecule has 238 valence electrons. The van der Waals surface area contributed by atoms with Gasteiger partial charge in [0.2, 0.25) is 0 Å². The number of rotatable bonds is 5. The fraction of sp³-hybridized carbons (Fsp3) is 0.487. The third-order valence-electron chi connectivity index (χ3n) is 10.7. The fourth-order valence-electron chi connectivity index (χ4n) is 8.75. The van der Waals surface area contributed by atoms with E-state index in [1.54, 1.807) is 11.1 Å². The van der Waals surface area contributed by atoms with Gasteiger partial charge in [-0.15, -0.1) is 0 Å². The Morgan fingerprint density at radius 2 is 1.04 bits per heavy atom. The van der Waals surface area contributed by atoms with Crippen LogP contribution in [0.25, 0.3) is 5.57 Å². The summed E-state index contributed by atoms with van der Waals surface area (Å²) >= 11 is 0. The fourth-order valence-corrected chi connectivity index (χ4v) is 8.75. The molecule has 2 atom stereocenters. The second kappa shape index (κ2) is 13.6. The van der Waals surface area contributed by atoms with Gasteiger partial charge in [0, 0.05) is 42.5 Å². The monoisotopic (exact) mass is 607 g/mol. The molecular formula is C39H49N3O3. The molecule has 0 bridgehead atoms. The average Bonchev–Trinajstić information content (AvgIpc) is 3.89. The summed E-state index contributed by atoms with van der Waals surface area (Å²) in [5, 5.41) is 0. The highest BCUT2D eigenvalue weighted by molar-refractivity contribution is 5.77. The van der Waals surface area contributed by atoms with E-state index in [0.29, 0.717) is 18.4 Å². The maximum atomic E-state index is 5.68. The maximum absolute atomic E-state index is 5.68. The number of aryl methyl sites for hydroxylation is 3. The van der Waals surface area contributed by atoms with Crippen LogP contribution in [0.15, 0.2) is 42.5 Å². The van der Waals surface area contributed by atoms with Crippen molar-refractivity contribution in [1.29, 1.82) is 0 Å². The first-order valence-corrected chi connectivity index (χ1v) is 17.3. The van der Waals surface area contributed by atoms with Crippen molar-refractivity contribution in [3.63, 3.8) is 0 Å². The largest absolute Gasteiger partial charge is 0.493 e. The molecule has 3 heterocycles. The van der Waals surface area contributed by atoms with Crippen LogP contribution in [0.4, 0.5) is 0 Å². The molecule has 3 aliphatic heterocycles. The van der Waals surface area contributed by atoms with E-state index in [2.05, 4.69) is 42.5 Å². The molecule has 0 amide bonds. The van der Waals surface area contributed by atoms with Crippen molar-refractivity contribution in [2.45, 2.75) is 82.5 Å². The molecule has 45 heavy (non-hydrogen) atoms. The standard InChI is InChI=1S/2C13H17NO.C13H15NO/c3*14-7-5-10-2-1-9-3-4-12-11(13(9)10)6-8-15-12/h2*3-4,10H,1-2,5-8,14H2;3-5H,1-2,6-8,14H2/b;;10-5+/t10-;;/m0../s1. The average molecular weight is 608 g/mol. The second-order valence-corrected chi connectivity index (χ2v) is 13.2. The molecule has 3 aromatic carbocycles. The van der Waals surface area contributed by atoms with Gasteiger partial charge in [0.25, 0.3) is 0 Å². The minimum atomic E-state index is 0.638. The Balaban J connectivity index is 0.000000108. The van der Waals surface area contributed by atoms with Gasteiger partial charge >= 0.3 is 0 Å². The highest BCUT2D eigenvalue weighted by Crippen LogP contribution is 2.44. The van der Waals surface area contributed by atoms with E-state index >= 15 is 0 Å². The van der Waals surface area contributed by atoms with Crippen LogP contribution in [0.1, 0.15) is 94.0 Å². The van der Waals surface area contributed by atoms with E-state index in [4.69, 9.17) is 31.4 Å². The third kappa shape index (κ3) is 5.89. The van der Waals surface area contributed by atoms with Gasteiger partial charge in [0.1, 0.15) is 17.2 Å². The predicted molar refractivity (Wildman–Crippen MR) is 182 cm³/mol. The van der Waals surface area contributed by atoms with Crippen LogP contribution in [-0.2, 0) is 38.5 Å². The predicted octanol–water partition coefficient (Wildman–Crippen LogP) is 5.91. The van der Waals surface area contributed by atoms with Gasteiger partial charge in [-0.1, -0.05) is 24.3 Å². The van der Waals surface area contributed by atoms with Crippen LogP contribution in [0.3, 0.4) is 0 Å². The summed E-state index contributed by atoms with van der Waals surface area (Å²) in [4.78, 5) is 0. The molecule has 1 unspecified atom stereocenters. The quantitative estimate of drug-likeness (QED) is 0.333. The van der Waals surface area contributed by atoms with Crippen molar-refractivity contribution in [2.24, 2.45) is 17.2 Å². The highest BCUT2D eigenvalue weighted by Gasteiger charge is 2.30. The van der Waals surface area contributed by atoms with Gasteiger partial charge in [0.15, 0.2) is 0 Å². The topological polar surface area (TPSA) is 106 Å². The third-order valence-corrected chi connectivity index (χ3v) is 10.7. The van der Waals surface area contributed by atoms with E-state index in [1.165, 1.54) is 70.2 Å². The Kier molecular flexibility index (Phi) is 9.16. The Morgan fingerprint density at radius 1 is 0.556 bits per heavy atom. The molecule has 6 heteroatoms. The molecule has 3 aliphatic carbocycles. The zero-order valence-corrected chi connectivity index (χ0v) is 26.7.